The zero-order valence-corrected chi connectivity index (χ0v) is 72.3. The molecule has 0 saturated heterocycles. The van der Waals surface area contributed by atoms with Crippen LogP contribution in [0, 0.1) is 0 Å². The van der Waals surface area contributed by atoms with Gasteiger partial charge in [0.15, 0.2) is 6.10 Å². The van der Waals surface area contributed by atoms with Gasteiger partial charge < -0.3 is 34.2 Å². The summed E-state index contributed by atoms with van der Waals surface area (Å²) in [5.74, 6) is -1.61. The van der Waals surface area contributed by atoms with E-state index in [9.17, 15) is 43.5 Å². The molecular formula is C95H156O16P2. The normalized spacial score (nSPS) is 14.8. The number of phosphoric ester groups is 2. The molecule has 0 rings (SSSR count). The van der Waals surface area contributed by atoms with Crippen LogP contribution in [0.25, 0.3) is 0 Å². The minimum atomic E-state index is -4.95. The standard InChI is InChI=1S/C95H156O16P2/c1-4-7-10-13-16-19-22-25-28-31-34-36-38-40-42-43-44-45-47-49-50-52-55-57-60-63-66-69-72-75-78-81-93(98)105-84-90(96)85-107-112(101,102)108-86-91(97)87-109-113(103,104)110-89-92(111-95(100)83-80-77-74-71-68-65-62-59-54-33-30-27-24-21-18-15-12-9-6-3)88-106-94(99)82-79-76-73-70-67-64-61-58-56-53-51-48-46-41-39-37-35-32-29-26-23-20-17-14-11-8-5-2/h7-12,16-21,25-30,34-37,40-42,44-46,51,53-54,59,90-92,96-97H,4-6,13-15,22-24,31-33,38-39,43,47-50,52,55-58,60-89H2,1-3H3,(H,101,102)(H,103,104)/b10-7-,11-8-,12-9-,19-16-,20-17-,21-18-,28-25-,29-26-,30-27-,36-34-,37-35-,42-40-,45-44-,46-41-,53-51-,59-54-. The zero-order valence-electron chi connectivity index (χ0n) is 70.5. The predicted molar refractivity (Wildman–Crippen MR) is 472 cm³/mol. The van der Waals surface area contributed by atoms with Gasteiger partial charge in [-0.2, -0.15) is 0 Å². The van der Waals surface area contributed by atoms with Gasteiger partial charge in [0, 0.05) is 19.3 Å². The third-order valence-electron chi connectivity index (χ3n) is 17.8. The number of ether oxygens (including phenoxy) is 3. The van der Waals surface area contributed by atoms with Gasteiger partial charge in [-0.3, -0.25) is 32.5 Å². The Hall–Kier alpha value is -5.61. The molecule has 642 valence electrons. The molecule has 0 bridgehead atoms. The van der Waals surface area contributed by atoms with Crippen molar-refractivity contribution in [3.05, 3.63) is 194 Å². The highest BCUT2D eigenvalue weighted by molar-refractivity contribution is 7.47. The Kier molecular flexibility index (Phi) is 81.5. The van der Waals surface area contributed by atoms with Crippen molar-refractivity contribution in [3.63, 3.8) is 0 Å². The fourth-order valence-corrected chi connectivity index (χ4v) is 12.9. The Bertz CT molecular complexity index is 2830. The Labute approximate surface area is 687 Å². The number of hydrogen-bond donors (Lipinski definition) is 4. The molecule has 0 aliphatic heterocycles. The lowest BCUT2D eigenvalue weighted by atomic mass is 10.0. The van der Waals surface area contributed by atoms with Crippen LogP contribution in [0.1, 0.15) is 329 Å². The number of allylic oxidation sites excluding steroid dienone is 32. The number of aliphatic hydroxyl groups excluding tert-OH is 2. The summed E-state index contributed by atoms with van der Waals surface area (Å²) in [6.07, 6.45) is 113. The molecule has 0 spiro atoms. The van der Waals surface area contributed by atoms with Gasteiger partial charge in [0.05, 0.1) is 26.4 Å². The van der Waals surface area contributed by atoms with Crippen LogP contribution in [0.4, 0.5) is 0 Å². The first-order valence-electron chi connectivity index (χ1n) is 43.7. The van der Waals surface area contributed by atoms with Gasteiger partial charge in [0.2, 0.25) is 0 Å². The summed E-state index contributed by atoms with van der Waals surface area (Å²) in [6, 6.07) is 0. The molecule has 0 aromatic heterocycles. The second kappa shape index (κ2) is 85.8. The molecule has 0 fully saturated rings. The maximum Gasteiger partial charge on any atom is 0.472 e. The lowest BCUT2D eigenvalue weighted by molar-refractivity contribution is -0.161. The van der Waals surface area contributed by atoms with Crippen LogP contribution < -0.4 is 0 Å². The molecule has 113 heavy (non-hydrogen) atoms. The molecule has 16 nitrogen and oxygen atoms in total. The highest BCUT2D eigenvalue weighted by Crippen LogP contribution is 2.45. The number of aliphatic hydroxyl groups is 2. The van der Waals surface area contributed by atoms with E-state index in [0.717, 1.165) is 212 Å². The van der Waals surface area contributed by atoms with Gasteiger partial charge in [-0.05, 0) is 161 Å². The monoisotopic (exact) mass is 1620 g/mol. The lowest BCUT2D eigenvalue weighted by Crippen LogP contribution is -2.30. The number of phosphoric acid groups is 2. The van der Waals surface area contributed by atoms with E-state index in [0.29, 0.717) is 19.3 Å². The van der Waals surface area contributed by atoms with E-state index in [1.807, 2.05) is 0 Å². The van der Waals surface area contributed by atoms with Crippen molar-refractivity contribution >= 4 is 33.6 Å². The van der Waals surface area contributed by atoms with E-state index in [-0.39, 0.29) is 19.3 Å². The second-order valence-electron chi connectivity index (χ2n) is 28.5. The maximum atomic E-state index is 13.0. The van der Waals surface area contributed by atoms with Crippen molar-refractivity contribution in [2.75, 3.05) is 39.6 Å². The van der Waals surface area contributed by atoms with E-state index >= 15 is 0 Å². The summed E-state index contributed by atoms with van der Waals surface area (Å²) in [5, 5.41) is 20.7. The van der Waals surface area contributed by atoms with E-state index in [2.05, 4.69) is 215 Å². The SMILES string of the molecule is CC/C=C\C/C=C\C/C=C\C/C=C\C/C=C\C/C=C\CCCCCCCCCCCCCCC(=O)OCC(O)COP(=O)(O)OCC(O)COP(=O)(O)OCC(COC(=O)CCCCCCCCCC/C=C\C/C=C\C/C=C\C/C=C\C/C=C\C/C=C\CC)OC(=O)CCCCCCCC/C=C\C/C=C\C/C=C\C/C=C\CC. The quantitative estimate of drug-likeness (QED) is 0.0146. The van der Waals surface area contributed by atoms with Crippen LogP contribution in [-0.2, 0) is 55.8 Å². The average molecular weight is 1620 g/mol. The van der Waals surface area contributed by atoms with Crippen LogP contribution in [0.5, 0.6) is 0 Å². The van der Waals surface area contributed by atoms with Crippen LogP contribution in [-0.4, -0.2) is 95.9 Å². The molecule has 0 aromatic carbocycles. The molecule has 0 aliphatic carbocycles. The fraction of sp³-hybridized carbons (Fsp3) is 0.632. The first-order valence-corrected chi connectivity index (χ1v) is 46.7. The van der Waals surface area contributed by atoms with Crippen LogP contribution >= 0.6 is 15.6 Å². The van der Waals surface area contributed by atoms with Gasteiger partial charge in [0.1, 0.15) is 25.4 Å². The highest BCUT2D eigenvalue weighted by atomic mass is 31.2. The zero-order chi connectivity index (χ0) is 82.2. The van der Waals surface area contributed by atoms with Crippen molar-refractivity contribution in [1.82, 2.24) is 0 Å². The summed E-state index contributed by atoms with van der Waals surface area (Å²) < 4.78 is 61.4. The third kappa shape index (κ3) is 87.1. The summed E-state index contributed by atoms with van der Waals surface area (Å²) in [4.78, 5) is 58.9. The minimum Gasteiger partial charge on any atom is -0.463 e. The summed E-state index contributed by atoms with van der Waals surface area (Å²) >= 11 is 0. The van der Waals surface area contributed by atoms with Gasteiger partial charge in [-0.15, -0.1) is 0 Å². The maximum absolute atomic E-state index is 13.0. The van der Waals surface area contributed by atoms with Gasteiger partial charge in [-0.25, -0.2) is 9.13 Å². The highest BCUT2D eigenvalue weighted by Gasteiger charge is 2.29. The number of unbranched alkanes of at least 4 members (excludes halogenated alkanes) is 26. The number of carbonyl (C=O) groups excluding carboxylic acids is 3. The van der Waals surface area contributed by atoms with Crippen LogP contribution in [0.15, 0.2) is 194 Å². The second-order valence-corrected chi connectivity index (χ2v) is 31.5. The van der Waals surface area contributed by atoms with Crippen molar-refractivity contribution < 1.29 is 75.8 Å². The van der Waals surface area contributed by atoms with E-state index < -0.39 is 91.5 Å². The first-order chi connectivity index (χ1) is 55.2. The summed E-state index contributed by atoms with van der Waals surface area (Å²) in [5.41, 5.74) is 0. The lowest BCUT2D eigenvalue weighted by Gasteiger charge is -2.21. The van der Waals surface area contributed by atoms with Crippen molar-refractivity contribution in [3.8, 4) is 0 Å². The smallest absolute Gasteiger partial charge is 0.463 e. The molecule has 4 N–H and O–H groups in total. The number of rotatable bonds is 81. The van der Waals surface area contributed by atoms with E-state index in [1.54, 1.807) is 0 Å². The van der Waals surface area contributed by atoms with Gasteiger partial charge >= 0.3 is 33.6 Å². The molecule has 18 heteroatoms. The van der Waals surface area contributed by atoms with Crippen LogP contribution in [0.2, 0.25) is 0 Å². The fourth-order valence-electron chi connectivity index (χ4n) is 11.3. The topological polar surface area (TPSA) is 231 Å². The minimum absolute atomic E-state index is 0.0798. The molecule has 5 unspecified atom stereocenters. The van der Waals surface area contributed by atoms with Gasteiger partial charge in [0.25, 0.3) is 0 Å². The Balaban J connectivity index is 4.62. The van der Waals surface area contributed by atoms with E-state index in [1.165, 1.54) is 57.8 Å². The molecule has 0 heterocycles. The van der Waals surface area contributed by atoms with Gasteiger partial charge in [-0.1, -0.05) is 344 Å². The molecular weight excluding hydrogens is 1460 g/mol. The number of esters is 3. The summed E-state index contributed by atoms with van der Waals surface area (Å²) in [7, 11) is -9.82. The first kappa shape index (κ1) is 107. The molecule has 0 aliphatic rings. The van der Waals surface area contributed by atoms with Crippen LogP contribution in [0.3, 0.4) is 0 Å². The van der Waals surface area contributed by atoms with Crippen molar-refractivity contribution in [1.29, 1.82) is 0 Å². The average Bonchev–Trinajstić information content (AvgIpc) is 0.899. The third-order valence-corrected chi connectivity index (χ3v) is 19.7. The summed E-state index contributed by atoms with van der Waals surface area (Å²) in [6.45, 7) is 2.32. The molecule has 5 atom stereocenters. The predicted octanol–water partition coefficient (Wildman–Crippen LogP) is 26.7. The molecule has 0 saturated carbocycles. The Morgan fingerprint density at radius 1 is 0.248 bits per heavy atom. The number of carbonyl (C=O) groups is 3. The number of hydrogen-bond acceptors (Lipinski definition) is 14. The van der Waals surface area contributed by atoms with Crippen molar-refractivity contribution in [2.24, 2.45) is 0 Å². The van der Waals surface area contributed by atoms with Crippen molar-refractivity contribution in [2.45, 2.75) is 347 Å². The van der Waals surface area contributed by atoms with E-state index in [4.69, 9.17) is 32.3 Å². The molecule has 0 radical (unpaired) electrons. The Morgan fingerprint density at radius 3 is 0.699 bits per heavy atom. The molecule has 0 aromatic rings. The largest absolute Gasteiger partial charge is 0.472 e. The molecule has 0 amide bonds. The Morgan fingerprint density at radius 2 is 0.442 bits per heavy atom.